The summed E-state index contributed by atoms with van der Waals surface area (Å²) in [5.74, 6) is 3.39. The van der Waals surface area contributed by atoms with E-state index in [2.05, 4.69) is 23.1 Å². The molecule has 1 amide bonds. The number of likely N-dealkylation sites (N-methyl/N-ethyl adjacent to an activating group) is 1. The Morgan fingerprint density at radius 1 is 1.00 bits per heavy atom. The highest BCUT2D eigenvalue weighted by Gasteiger charge is 2.51. The Bertz CT molecular complexity index is 844. The monoisotopic (exact) mass is 363 g/mol. The minimum Gasteiger partial charge on any atom is -0.484 e. The smallest absolute Gasteiger partial charge is 0.260 e. The van der Waals surface area contributed by atoms with Crippen molar-refractivity contribution in [2.45, 2.75) is 50.5 Å². The van der Waals surface area contributed by atoms with Crippen molar-refractivity contribution < 1.29 is 9.53 Å². The fraction of sp³-hybridized carbons (Fsp3) is 0.542. The molecule has 0 spiro atoms. The van der Waals surface area contributed by atoms with E-state index in [-0.39, 0.29) is 18.1 Å². The highest BCUT2D eigenvalue weighted by atomic mass is 16.5. The Morgan fingerprint density at radius 2 is 1.67 bits per heavy atom. The second kappa shape index (κ2) is 6.54. The zero-order valence-corrected chi connectivity index (χ0v) is 16.2. The number of amides is 1. The molecule has 4 aliphatic carbocycles. The number of hydrogen-bond donors (Lipinski definition) is 0. The van der Waals surface area contributed by atoms with Gasteiger partial charge in [-0.25, -0.2) is 0 Å². The highest BCUT2D eigenvalue weighted by Crippen LogP contribution is 2.55. The molecule has 6 rings (SSSR count). The van der Waals surface area contributed by atoms with Gasteiger partial charge in [-0.3, -0.25) is 4.79 Å². The SMILES string of the molecule is CN(C(=O)COc1ccc2ccccc2c1)C12CC3CCC(CC(C3)C1)C2. The maximum absolute atomic E-state index is 13.0. The van der Waals surface area contributed by atoms with E-state index in [1.165, 1.54) is 50.3 Å². The summed E-state index contributed by atoms with van der Waals surface area (Å²) in [6, 6.07) is 14.3. The average molecular weight is 364 g/mol. The fourth-order valence-electron chi connectivity index (χ4n) is 6.32. The first-order valence-electron chi connectivity index (χ1n) is 10.5. The first-order valence-corrected chi connectivity index (χ1v) is 10.5. The summed E-state index contributed by atoms with van der Waals surface area (Å²) < 4.78 is 5.90. The summed E-state index contributed by atoms with van der Waals surface area (Å²) in [7, 11) is 2.03. The number of hydrogen-bond acceptors (Lipinski definition) is 2. The van der Waals surface area contributed by atoms with Crippen LogP contribution >= 0.6 is 0 Å². The van der Waals surface area contributed by atoms with E-state index in [9.17, 15) is 4.79 Å². The van der Waals surface area contributed by atoms with Gasteiger partial charge in [-0.15, -0.1) is 0 Å². The van der Waals surface area contributed by atoms with Crippen LogP contribution in [-0.4, -0.2) is 30.0 Å². The molecule has 0 radical (unpaired) electrons. The van der Waals surface area contributed by atoms with Crippen molar-refractivity contribution in [3.05, 3.63) is 42.5 Å². The van der Waals surface area contributed by atoms with Crippen LogP contribution in [0, 0.1) is 17.8 Å². The van der Waals surface area contributed by atoms with Gasteiger partial charge < -0.3 is 9.64 Å². The first-order chi connectivity index (χ1) is 13.1. The van der Waals surface area contributed by atoms with Crippen LogP contribution < -0.4 is 4.74 Å². The molecule has 4 fully saturated rings. The van der Waals surface area contributed by atoms with Crippen LogP contribution in [0.1, 0.15) is 44.9 Å². The molecular formula is C24H29NO2. The van der Waals surface area contributed by atoms with Crippen molar-refractivity contribution in [2.75, 3.05) is 13.7 Å². The number of benzene rings is 2. The Balaban J connectivity index is 1.29. The third-order valence-electron chi connectivity index (χ3n) is 7.49. The molecule has 4 bridgehead atoms. The molecule has 27 heavy (non-hydrogen) atoms. The average Bonchev–Trinajstić information content (AvgIpc) is 2.90. The zero-order valence-electron chi connectivity index (χ0n) is 16.2. The van der Waals surface area contributed by atoms with Gasteiger partial charge in [-0.05, 0) is 72.8 Å². The molecule has 2 atom stereocenters. The molecule has 0 saturated heterocycles. The van der Waals surface area contributed by atoms with Crippen molar-refractivity contribution in [3.63, 3.8) is 0 Å². The number of carbonyl (C=O) groups is 1. The number of carbonyl (C=O) groups excluding carboxylic acids is 1. The quantitative estimate of drug-likeness (QED) is 0.762. The van der Waals surface area contributed by atoms with E-state index in [1.54, 1.807) is 0 Å². The predicted octanol–water partition coefficient (Wildman–Crippen LogP) is 5.04. The molecule has 4 saturated carbocycles. The van der Waals surface area contributed by atoms with Crippen LogP contribution in [0.3, 0.4) is 0 Å². The van der Waals surface area contributed by atoms with Gasteiger partial charge in [0.25, 0.3) is 5.91 Å². The van der Waals surface area contributed by atoms with Gasteiger partial charge in [0.1, 0.15) is 5.75 Å². The summed E-state index contributed by atoms with van der Waals surface area (Å²) in [6.45, 7) is 0.136. The van der Waals surface area contributed by atoms with E-state index >= 15 is 0 Å². The lowest BCUT2D eigenvalue weighted by atomic mass is 9.62. The van der Waals surface area contributed by atoms with Crippen molar-refractivity contribution in [1.82, 2.24) is 4.90 Å². The van der Waals surface area contributed by atoms with E-state index in [0.29, 0.717) is 0 Å². The summed E-state index contributed by atoms with van der Waals surface area (Å²) in [5.41, 5.74) is 0.0941. The third-order valence-corrected chi connectivity index (χ3v) is 7.49. The maximum atomic E-state index is 13.0. The maximum Gasteiger partial charge on any atom is 0.260 e. The predicted molar refractivity (Wildman–Crippen MR) is 108 cm³/mol. The summed E-state index contributed by atoms with van der Waals surface area (Å²) >= 11 is 0. The molecule has 4 aliphatic rings. The minimum absolute atomic E-state index is 0.0941. The summed E-state index contributed by atoms with van der Waals surface area (Å²) in [4.78, 5) is 15.1. The Kier molecular flexibility index (Phi) is 4.14. The molecule has 0 N–H and O–H groups in total. The van der Waals surface area contributed by atoms with Crippen LogP contribution in [0.5, 0.6) is 5.75 Å². The number of rotatable bonds is 4. The Morgan fingerprint density at radius 3 is 2.41 bits per heavy atom. The fourth-order valence-corrected chi connectivity index (χ4v) is 6.32. The molecule has 2 aromatic carbocycles. The van der Waals surface area contributed by atoms with E-state index in [4.69, 9.17) is 4.74 Å². The van der Waals surface area contributed by atoms with Crippen LogP contribution in [-0.2, 0) is 4.79 Å². The summed E-state index contributed by atoms with van der Waals surface area (Å²) in [6.07, 6.45) is 9.16. The third kappa shape index (κ3) is 3.11. The van der Waals surface area contributed by atoms with Crippen molar-refractivity contribution >= 4 is 16.7 Å². The summed E-state index contributed by atoms with van der Waals surface area (Å²) in [5, 5.41) is 2.34. The second-order valence-corrected chi connectivity index (χ2v) is 9.23. The molecular weight excluding hydrogens is 334 g/mol. The molecule has 142 valence electrons. The molecule has 0 aliphatic heterocycles. The van der Waals surface area contributed by atoms with Crippen LogP contribution in [0.4, 0.5) is 0 Å². The van der Waals surface area contributed by atoms with Crippen molar-refractivity contribution in [3.8, 4) is 5.75 Å². The van der Waals surface area contributed by atoms with Gasteiger partial charge >= 0.3 is 0 Å². The molecule has 2 unspecified atom stereocenters. The van der Waals surface area contributed by atoms with Gasteiger partial charge in [-0.2, -0.15) is 0 Å². The standard InChI is InChI=1S/C24H29NO2/c1-25(24-13-17-6-7-18(14-24)11-19(10-17)15-24)23(26)16-27-22-9-8-20-4-2-3-5-21(20)12-22/h2-5,8-9,12,17-19H,6-7,10-11,13-16H2,1H3. The molecule has 2 aromatic rings. The molecule has 3 heteroatoms. The van der Waals surface area contributed by atoms with Gasteiger partial charge in [0.15, 0.2) is 6.61 Å². The number of nitrogens with zero attached hydrogens (tertiary/aromatic N) is 1. The first kappa shape index (κ1) is 17.1. The molecule has 3 nitrogen and oxygen atoms in total. The number of fused-ring (bicyclic) bond motifs is 2. The molecule has 0 aromatic heterocycles. The van der Waals surface area contributed by atoms with Gasteiger partial charge in [0.2, 0.25) is 0 Å². The zero-order chi connectivity index (χ0) is 18.4. The largest absolute Gasteiger partial charge is 0.484 e. The number of ether oxygens (including phenoxy) is 1. The van der Waals surface area contributed by atoms with E-state index in [1.807, 2.05) is 31.3 Å². The van der Waals surface area contributed by atoms with Crippen molar-refractivity contribution in [1.29, 1.82) is 0 Å². The topological polar surface area (TPSA) is 29.5 Å². The van der Waals surface area contributed by atoms with Gasteiger partial charge in [-0.1, -0.05) is 43.2 Å². The Hall–Kier alpha value is -2.03. The van der Waals surface area contributed by atoms with Gasteiger partial charge in [0.05, 0.1) is 0 Å². The molecule has 0 heterocycles. The van der Waals surface area contributed by atoms with Crippen LogP contribution in [0.25, 0.3) is 10.8 Å². The lowest BCUT2D eigenvalue weighted by Gasteiger charge is -2.53. The lowest BCUT2D eigenvalue weighted by Crippen LogP contribution is -2.57. The van der Waals surface area contributed by atoms with Crippen LogP contribution in [0.15, 0.2) is 42.5 Å². The van der Waals surface area contributed by atoms with Crippen LogP contribution in [0.2, 0.25) is 0 Å². The lowest BCUT2D eigenvalue weighted by molar-refractivity contribution is -0.143. The Labute approximate surface area is 161 Å². The van der Waals surface area contributed by atoms with E-state index < -0.39 is 0 Å². The highest BCUT2D eigenvalue weighted by molar-refractivity contribution is 5.84. The second-order valence-electron chi connectivity index (χ2n) is 9.23. The van der Waals surface area contributed by atoms with Gasteiger partial charge in [0, 0.05) is 12.6 Å². The van der Waals surface area contributed by atoms with Crippen molar-refractivity contribution in [2.24, 2.45) is 17.8 Å². The van der Waals surface area contributed by atoms with E-state index in [0.717, 1.165) is 28.9 Å². The minimum atomic E-state index is 0.0941. The normalized spacial score (nSPS) is 31.7.